The largest absolute Gasteiger partial charge is 0.273 e. The average Bonchev–Trinajstić information content (AvgIpc) is 3.33. The van der Waals surface area contributed by atoms with E-state index in [9.17, 15) is 4.79 Å². The fourth-order valence-corrected chi connectivity index (χ4v) is 2.92. The van der Waals surface area contributed by atoms with Crippen LogP contribution < -0.4 is 5.43 Å². The molecule has 1 aliphatic carbocycles. The van der Waals surface area contributed by atoms with Crippen molar-refractivity contribution in [2.24, 2.45) is 11.0 Å². The number of benzene rings is 2. The van der Waals surface area contributed by atoms with E-state index in [-0.39, 0.29) is 17.2 Å². The molecule has 0 spiro atoms. The molecule has 3 nitrogen and oxygen atoms in total. The highest BCUT2D eigenvalue weighted by Crippen LogP contribution is 2.53. The van der Waals surface area contributed by atoms with Crippen LogP contribution in [-0.4, -0.2) is 11.6 Å². The van der Waals surface area contributed by atoms with E-state index in [1.807, 2.05) is 67.6 Å². The molecular formula is C21H22N2O. The molecule has 1 fully saturated rings. The fraction of sp³-hybridized carbons (Fsp3) is 0.238. The Labute approximate surface area is 143 Å². The lowest BCUT2D eigenvalue weighted by molar-refractivity contribution is -0.122. The van der Waals surface area contributed by atoms with Crippen LogP contribution in [0.5, 0.6) is 0 Å². The molecule has 2 aromatic carbocycles. The summed E-state index contributed by atoms with van der Waals surface area (Å²) in [5.41, 5.74) is 5.74. The molecule has 1 saturated carbocycles. The summed E-state index contributed by atoms with van der Waals surface area (Å²) in [4.78, 5) is 12.3. The third-order valence-corrected chi connectivity index (χ3v) is 4.65. The third kappa shape index (κ3) is 3.62. The number of hydrogen-bond acceptors (Lipinski definition) is 2. The molecule has 0 unspecified atom stereocenters. The van der Waals surface area contributed by atoms with E-state index in [1.54, 1.807) is 0 Å². The van der Waals surface area contributed by atoms with Gasteiger partial charge in [0.25, 0.3) is 0 Å². The van der Waals surface area contributed by atoms with Crippen LogP contribution in [0.4, 0.5) is 0 Å². The minimum atomic E-state index is -0.0609. The number of allylic oxidation sites excluding steroid dienone is 1. The van der Waals surface area contributed by atoms with E-state index in [1.165, 1.54) is 5.56 Å². The predicted molar refractivity (Wildman–Crippen MR) is 98.6 cm³/mol. The van der Waals surface area contributed by atoms with Crippen LogP contribution in [0, 0.1) is 5.92 Å². The lowest BCUT2D eigenvalue weighted by Crippen LogP contribution is -2.24. The van der Waals surface area contributed by atoms with Gasteiger partial charge < -0.3 is 0 Å². The number of carbonyl (C=O) groups is 1. The molecule has 0 bridgehead atoms. The number of amides is 1. The molecule has 24 heavy (non-hydrogen) atoms. The molecule has 0 saturated heterocycles. The molecule has 1 N–H and O–H groups in total. The van der Waals surface area contributed by atoms with Gasteiger partial charge in [-0.3, -0.25) is 4.79 Å². The van der Waals surface area contributed by atoms with E-state index in [2.05, 4.69) is 29.6 Å². The van der Waals surface area contributed by atoms with Gasteiger partial charge >= 0.3 is 0 Å². The van der Waals surface area contributed by atoms with Gasteiger partial charge in [-0.25, -0.2) is 5.43 Å². The molecule has 2 aromatic rings. The summed E-state index contributed by atoms with van der Waals surface area (Å²) >= 11 is 0. The first kappa shape index (κ1) is 16.2. The molecule has 3 heteroatoms. The molecule has 0 aromatic heterocycles. The van der Waals surface area contributed by atoms with Crippen LogP contribution in [0.25, 0.3) is 6.08 Å². The van der Waals surface area contributed by atoms with Crippen molar-refractivity contribution in [2.45, 2.75) is 25.7 Å². The lowest BCUT2D eigenvalue weighted by atomic mass is 9.95. The molecule has 3 rings (SSSR count). The van der Waals surface area contributed by atoms with Crippen molar-refractivity contribution in [1.29, 1.82) is 0 Å². The highest BCUT2D eigenvalue weighted by atomic mass is 16.2. The molecule has 0 aliphatic heterocycles. The van der Waals surface area contributed by atoms with Crippen molar-refractivity contribution >= 4 is 17.7 Å². The number of nitrogens with one attached hydrogen (secondary N) is 1. The maximum absolute atomic E-state index is 12.3. The number of nitrogens with zero attached hydrogens (tertiary/aromatic N) is 1. The van der Waals surface area contributed by atoms with Crippen LogP contribution in [0.2, 0.25) is 0 Å². The van der Waals surface area contributed by atoms with Crippen molar-refractivity contribution in [3.63, 3.8) is 0 Å². The molecular weight excluding hydrogens is 296 g/mol. The van der Waals surface area contributed by atoms with Crippen LogP contribution in [0.3, 0.4) is 0 Å². The van der Waals surface area contributed by atoms with Gasteiger partial charge in [0.05, 0.1) is 11.6 Å². The third-order valence-electron chi connectivity index (χ3n) is 4.65. The van der Waals surface area contributed by atoms with E-state index in [4.69, 9.17) is 0 Å². The summed E-state index contributed by atoms with van der Waals surface area (Å²) in [6, 6.07) is 20.2. The Morgan fingerprint density at radius 3 is 2.42 bits per heavy atom. The average molecular weight is 318 g/mol. The SMILES string of the molecule is CC(/C=C/c1ccccc1)=N/NC(=O)[C@@H]1C[C@@]1(C)c1ccccc1. The van der Waals surface area contributed by atoms with Gasteiger partial charge in [-0.2, -0.15) is 5.10 Å². The second-order valence-corrected chi connectivity index (χ2v) is 6.51. The summed E-state index contributed by atoms with van der Waals surface area (Å²) in [6.07, 6.45) is 4.76. The van der Waals surface area contributed by atoms with Crippen LogP contribution >= 0.6 is 0 Å². The number of carbonyl (C=O) groups excluding carboxylic acids is 1. The Kier molecular flexibility index (Phi) is 4.61. The number of rotatable bonds is 5. The topological polar surface area (TPSA) is 41.5 Å². The van der Waals surface area contributed by atoms with E-state index in [0.29, 0.717) is 0 Å². The molecule has 1 aliphatic rings. The van der Waals surface area contributed by atoms with Crippen molar-refractivity contribution in [2.75, 3.05) is 0 Å². The minimum Gasteiger partial charge on any atom is -0.273 e. The molecule has 0 radical (unpaired) electrons. The maximum atomic E-state index is 12.3. The van der Waals surface area contributed by atoms with E-state index in [0.717, 1.165) is 17.7 Å². The molecule has 1 amide bonds. The highest BCUT2D eigenvalue weighted by Gasteiger charge is 2.55. The van der Waals surface area contributed by atoms with Gasteiger partial charge in [0.1, 0.15) is 0 Å². The Balaban J connectivity index is 1.57. The van der Waals surface area contributed by atoms with Crippen molar-refractivity contribution in [3.05, 3.63) is 77.9 Å². The zero-order valence-corrected chi connectivity index (χ0v) is 14.1. The number of hydrazone groups is 1. The van der Waals surface area contributed by atoms with Gasteiger partial charge in [0, 0.05) is 5.41 Å². The Morgan fingerprint density at radius 1 is 1.12 bits per heavy atom. The fourth-order valence-electron chi connectivity index (χ4n) is 2.92. The Hall–Kier alpha value is -2.68. The molecule has 2 atom stereocenters. The minimum absolute atomic E-state index is 0.00504. The van der Waals surface area contributed by atoms with E-state index < -0.39 is 0 Å². The van der Waals surface area contributed by atoms with Gasteiger partial charge in [-0.15, -0.1) is 0 Å². The summed E-state index contributed by atoms with van der Waals surface area (Å²) in [7, 11) is 0. The first-order chi connectivity index (χ1) is 11.6. The van der Waals surface area contributed by atoms with E-state index >= 15 is 0 Å². The first-order valence-corrected chi connectivity index (χ1v) is 8.22. The van der Waals surface area contributed by atoms with Gasteiger partial charge in [-0.1, -0.05) is 73.7 Å². The monoisotopic (exact) mass is 318 g/mol. The molecule has 122 valence electrons. The summed E-state index contributed by atoms with van der Waals surface area (Å²) in [5.74, 6) is -0.0108. The maximum Gasteiger partial charge on any atom is 0.244 e. The Bertz CT molecular complexity index is 765. The van der Waals surface area contributed by atoms with Gasteiger partial charge in [0.2, 0.25) is 5.91 Å². The lowest BCUT2D eigenvalue weighted by Gasteiger charge is -2.10. The zero-order chi connectivity index (χ0) is 17.0. The second kappa shape index (κ2) is 6.83. The van der Waals surface area contributed by atoms with Gasteiger partial charge in [0.15, 0.2) is 0 Å². The smallest absolute Gasteiger partial charge is 0.244 e. The summed E-state index contributed by atoms with van der Waals surface area (Å²) < 4.78 is 0. The molecule has 0 heterocycles. The standard InChI is InChI=1S/C21H22N2O/c1-16(13-14-17-9-5-3-6-10-17)22-23-20(24)19-15-21(19,2)18-11-7-4-8-12-18/h3-14,19H,15H2,1-2H3,(H,23,24)/b14-13+,22-16-/t19-,21-/m0/s1. The van der Waals surface area contributed by atoms with Gasteiger partial charge in [-0.05, 0) is 30.5 Å². The van der Waals surface area contributed by atoms with Crippen LogP contribution in [0.1, 0.15) is 31.4 Å². The summed E-state index contributed by atoms with van der Waals surface area (Å²) in [5, 5.41) is 4.19. The normalized spacial score (nSPS) is 23.2. The number of hydrogen-bond donors (Lipinski definition) is 1. The summed E-state index contributed by atoms with van der Waals surface area (Å²) in [6.45, 7) is 4.02. The second-order valence-electron chi connectivity index (χ2n) is 6.51. The van der Waals surface area contributed by atoms with Crippen molar-refractivity contribution < 1.29 is 4.79 Å². The highest BCUT2D eigenvalue weighted by molar-refractivity contribution is 5.97. The van der Waals surface area contributed by atoms with Crippen LogP contribution in [-0.2, 0) is 10.2 Å². The quantitative estimate of drug-likeness (QED) is 0.652. The Morgan fingerprint density at radius 2 is 1.75 bits per heavy atom. The zero-order valence-electron chi connectivity index (χ0n) is 14.1. The van der Waals surface area contributed by atoms with Crippen LogP contribution in [0.15, 0.2) is 71.8 Å². The first-order valence-electron chi connectivity index (χ1n) is 8.22. The van der Waals surface area contributed by atoms with Crippen molar-refractivity contribution in [3.8, 4) is 0 Å². The predicted octanol–water partition coefficient (Wildman–Crippen LogP) is 4.17. The van der Waals surface area contributed by atoms with Crippen molar-refractivity contribution in [1.82, 2.24) is 5.43 Å².